The third-order valence-electron chi connectivity index (χ3n) is 2.78. The van der Waals surface area contributed by atoms with E-state index in [1.165, 1.54) is 18.2 Å². The lowest BCUT2D eigenvalue weighted by Crippen LogP contribution is -2.40. The molecule has 0 amide bonds. The number of alkyl halides is 3. The molecule has 0 fully saturated rings. The minimum atomic E-state index is -4.95. The summed E-state index contributed by atoms with van der Waals surface area (Å²) in [5.74, 6) is -1.27. The largest absolute Gasteiger partial charge is 0.489 e. The van der Waals surface area contributed by atoms with Crippen LogP contribution in [0, 0.1) is 13.8 Å². The van der Waals surface area contributed by atoms with Crippen molar-refractivity contribution in [1.29, 1.82) is 0 Å². The zero-order chi connectivity index (χ0) is 17.8. The molecular weight excluding hydrogens is 337 g/mol. The first-order chi connectivity index (χ1) is 10.4. The second-order valence-corrected chi connectivity index (χ2v) is 6.38. The molecule has 1 atom stereocenters. The summed E-state index contributed by atoms with van der Waals surface area (Å²) >= 11 is 0. The topological polar surface area (TPSA) is 72.8 Å². The second kappa shape index (κ2) is 7.22. The monoisotopic (exact) mass is 354 g/mol. The Morgan fingerprint density at radius 1 is 1.30 bits per heavy atom. The van der Waals surface area contributed by atoms with Crippen molar-refractivity contribution in [3.63, 3.8) is 0 Å². The van der Waals surface area contributed by atoms with Crippen molar-refractivity contribution in [1.82, 2.24) is 0 Å². The van der Waals surface area contributed by atoms with Crippen LogP contribution in [0.3, 0.4) is 0 Å². The summed E-state index contributed by atoms with van der Waals surface area (Å²) in [6, 6.07) is 2.60. The highest BCUT2D eigenvalue weighted by molar-refractivity contribution is 7.85. The summed E-state index contributed by atoms with van der Waals surface area (Å²) < 4.78 is 78.8. The molecule has 0 aliphatic heterocycles. The Labute approximate surface area is 132 Å². The summed E-state index contributed by atoms with van der Waals surface area (Å²) in [6.45, 7) is 6.96. The van der Waals surface area contributed by atoms with Gasteiger partial charge in [0.2, 0.25) is 6.10 Å². The molecule has 0 aromatic heterocycles. The Balaban J connectivity index is 3.08. The van der Waals surface area contributed by atoms with Crippen LogP contribution in [0.5, 0.6) is 11.5 Å². The number of hydrogen-bond donors (Lipinski definition) is 1. The third-order valence-corrected chi connectivity index (χ3v) is 3.51. The van der Waals surface area contributed by atoms with Gasteiger partial charge in [0, 0.05) is 0 Å². The lowest BCUT2D eigenvalue weighted by Gasteiger charge is -2.22. The van der Waals surface area contributed by atoms with Gasteiger partial charge in [0.1, 0.15) is 23.9 Å². The van der Waals surface area contributed by atoms with Gasteiger partial charge in [-0.2, -0.15) is 21.6 Å². The zero-order valence-corrected chi connectivity index (χ0v) is 13.4. The number of benzene rings is 1. The molecule has 1 rings (SSSR count). The number of hydrogen-bond acceptors (Lipinski definition) is 4. The molecule has 1 aromatic rings. The van der Waals surface area contributed by atoms with Gasteiger partial charge in [-0.3, -0.25) is 4.55 Å². The lowest BCUT2D eigenvalue weighted by atomic mass is 10.1. The molecule has 0 bridgehead atoms. The van der Waals surface area contributed by atoms with Crippen LogP contribution in [0.2, 0.25) is 0 Å². The number of aryl methyl sites for hydroxylation is 2. The molecule has 1 N–H and O–H groups in total. The van der Waals surface area contributed by atoms with Crippen LogP contribution < -0.4 is 9.47 Å². The van der Waals surface area contributed by atoms with Gasteiger partial charge in [0.15, 0.2) is 0 Å². The van der Waals surface area contributed by atoms with Crippen LogP contribution in [-0.2, 0) is 10.1 Å². The predicted octanol–water partition coefficient (Wildman–Crippen LogP) is 3.07. The maximum Gasteiger partial charge on any atom is 0.426 e. The molecule has 0 radical (unpaired) electrons. The number of halogens is 3. The van der Waals surface area contributed by atoms with Crippen LogP contribution in [0.15, 0.2) is 24.8 Å². The molecule has 130 valence electrons. The second-order valence-electron chi connectivity index (χ2n) is 4.88. The highest BCUT2D eigenvalue weighted by atomic mass is 32.2. The van der Waals surface area contributed by atoms with Crippen LogP contribution in [0.4, 0.5) is 13.2 Å². The van der Waals surface area contributed by atoms with E-state index in [1.54, 1.807) is 13.8 Å². The van der Waals surface area contributed by atoms with Crippen molar-refractivity contribution >= 4 is 10.1 Å². The van der Waals surface area contributed by atoms with Gasteiger partial charge >= 0.3 is 6.18 Å². The van der Waals surface area contributed by atoms with Gasteiger partial charge in [0.25, 0.3) is 10.1 Å². The van der Waals surface area contributed by atoms with Crippen molar-refractivity contribution < 1.29 is 35.6 Å². The van der Waals surface area contributed by atoms with Crippen molar-refractivity contribution in [2.75, 3.05) is 12.4 Å². The quantitative estimate of drug-likeness (QED) is 0.602. The van der Waals surface area contributed by atoms with E-state index in [2.05, 4.69) is 6.58 Å². The average Bonchev–Trinajstić information content (AvgIpc) is 2.34. The van der Waals surface area contributed by atoms with Crippen LogP contribution in [0.1, 0.15) is 11.1 Å². The van der Waals surface area contributed by atoms with E-state index in [0.29, 0.717) is 16.9 Å². The smallest absolute Gasteiger partial charge is 0.426 e. The Hall–Kier alpha value is -1.74. The lowest BCUT2D eigenvalue weighted by molar-refractivity contribution is -0.188. The molecule has 1 unspecified atom stereocenters. The third kappa shape index (κ3) is 6.11. The summed E-state index contributed by atoms with van der Waals surface area (Å²) in [7, 11) is -4.85. The average molecular weight is 354 g/mol. The molecule has 0 aliphatic carbocycles. The molecule has 0 heterocycles. The van der Waals surface area contributed by atoms with Gasteiger partial charge in [-0.1, -0.05) is 12.7 Å². The van der Waals surface area contributed by atoms with Gasteiger partial charge in [-0.05, 0) is 37.1 Å². The number of ether oxygens (including phenoxy) is 2. The Bertz CT molecular complexity index is 644. The fourth-order valence-corrected chi connectivity index (χ4v) is 2.54. The maximum absolute atomic E-state index is 12.8. The van der Waals surface area contributed by atoms with Gasteiger partial charge in [-0.15, -0.1) is 0 Å². The molecule has 0 saturated carbocycles. The van der Waals surface area contributed by atoms with Crippen molar-refractivity contribution in [2.24, 2.45) is 0 Å². The van der Waals surface area contributed by atoms with Gasteiger partial charge in [-0.25, -0.2) is 0 Å². The fraction of sp³-hybridized carbons (Fsp3) is 0.429. The van der Waals surface area contributed by atoms with Crippen LogP contribution in [0.25, 0.3) is 0 Å². The minimum absolute atomic E-state index is 0.170. The summed E-state index contributed by atoms with van der Waals surface area (Å²) in [5, 5.41) is 0. The summed E-state index contributed by atoms with van der Waals surface area (Å²) in [4.78, 5) is 0. The first-order valence-electron chi connectivity index (χ1n) is 6.47. The van der Waals surface area contributed by atoms with E-state index in [1.807, 2.05) is 0 Å². The van der Waals surface area contributed by atoms with E-state index >= 15 is 0 Å². The van der Waals surface area contributed by atoms with Crippen molar-refractivity contribution in [2.45, 2.75) is 26.1 Å². The van der Waals surface area contributed by atoms with Gasteiger partial charge < -0.3 is 9.47 Å². The van der Waals surface area contributed by atoms with Crippen molar-refractivity contribution in [3.8, 4) is 11.5 Å². The first kappa shape index (κ1) is 19.3. The molecule has 23 heavy (non-hydrogen) atoms. The van der Waals surface area contributed by atoms with E-state index < -0.39 is 28.2 Å². The maximum atomic E-state index is 12.8. The van der Waals surface area contributed by atoms with E-state index in [4.69, 9.17) is 14.0 Å². The molecule has 5 nitrogen and oxygen atoms in total. The first-order valence-corrected chi connectivity index (χ1v) is 8.08. The summed E-state index contributed by atoms with van der Waals surface area (Å²) in [5.41, 5.74) is 1.05. The predicted molar refractivity (Wildman–Crippen MR) is 78.5 cm³/mol. The Morgan fingerprint density at radius 2 is 1.83 bits per heavy atom. The van der Waals surface area contributed by atoms with E-state index in [-0.39, 0.29) is 12.4 Å². The standard InChI is InChI=1S/C14H17F3O5S/c1-4-5-21-13-9(2)6-11(7-10(13)3)22-12(14(15,16)17)8-23(18,19)20/h4,6-7,12H,1,5,8H2,2-3H3,(H,18,19,20). The minimum Gasteiger partial charge on any atom is -0.489 e. The Morgan fingerprint density at radius 3 is 2.22 bits per heavy atom. The van der Waals surface area contributed by atoms with E-state index in [0.717, 1.165) is 0 Å². The zero-order valence-electron chi connectivity index (χ0n) is 12.6. The fourth-order valence-electron chi connectivity index (χ4n) is 1.90. The summed E-state index contributed by atoms with van der Waals surface area (Å²) in [6.07, 6.45) is -6.10. The molecule has 0 spiro atoms. The highest BCUT2D eigenvalue weighted by Crippen LogP contribution is 2.32. The SMILES string of the molecule is C=CCOc1c(C)cc(OC(CS(=O)(=O)O)C(F)(F)F)cc1C. The molecule has 0 aliphatic rings. The van der Waals surface area contributed by atoms with Crippen molar-refractivity contribution in [3.05, 3.63) is 35.9 Å². The number of rotatable bonds is 7. The van der Waals surface area contributed by atoms with Gasteiger partial charge in [0.05, 0.1) is 0 Å². The van der Waals surface area contributed by atoms with Crippen LogP contribution in [-0.4, -0.2) is 37.6 Å². The van der Waals surface area contributed by atoms with Crippen LogP contribution >= 0.6 is 0 Å². The van der Waals surface area contributed by atoms with E-state index in [9.17, 15) is 21.6 Å². The Kier molecular flexibility index (Phi) is 6.06. The highest BCUT2D eigenvalue weighted by Gasteiger charge is 2.44. The molecule has 1 aromatic carbocycles. The molecule has 9 heteroatoms. The molecule has 0 saturated heterocycles. The normalized spacial score (nSPS) is 13.5. The molecular formula is C14H17F3O5S.